The summed E-state index contributed by atoms with van der Waals surface area (Å²) >= 11 is 5.38. The molecule has 5 heteroatoms. The van der Waals surface area contributed by atoms with Crippen molar-refractivity contribution in [3.05, 3.63) is 16.2 Å². The first-order valence-electron chi connectivity index (χ1n) is 5.22. The molecule has 1 unspecified atom stereocenters. The predicted molar refractivity (Wildman–Crippen MR) is 77.2 cm³/mol. The van der Waals surface area contributed by atoms with Gasteiger partial charge in [-0.3, -0.25) is 0 Å². The molecule has 1 atom stereocenters. The molecule has 0 saturated carbocycles. The van der Waals surface area contributed by atoms with Crippen molar-refractivity contribution < 1.29 is 0 Å². The number of rotatable bonds is 5. The number of anilines is 2. The summed E-state index contributed by atoms with van der Waals surface area (Å²) in [4.78, 5) is 4.30. The highest BCUT2D eigenvalue weighted by Crippen LogP contribution is 2.28. The molecule has 0 aliphatic heterocycles. The zero-order valence-electron chi connectivity index (χ0n) is 9.88. The fourth-order valence-corrected chi connectivity index (χ4v) is 2.33. The summed E-state index contributed by atoms with van der Waals surface area (Å²) in [5.41, 5.74) is 7.53. The molecule has 3 nitrogen and oxygen atoms in total. The Labute approximate surface area is 110 Å². The second-order valence-electron chi connectivity index (χ2n) is 3.83. The number of aromatic nitrogens is 1. The molecule has 0 fully saturated rings. The second kappa shape index (κ2) is 6.35. The third-order valence-electron chi connectivity index (χ3n) is 2.44. The monoisotopic (exact) mass is 303 g/mol. The van der Waals surface area contributed by atoms with E-state index in [-0.39, 0.29) is 0 Å². The summed E-state index contributed by atoms with van der Waals surface area (Å²) in [7, 11) is 0. The van der Waals surface area contributed by atoms with Crippen LogP contribution in [0.5, 0.6) is 0 Å². The lowest BCUT2D eigenvalue weighted by Crippen LogP contribution is -2.17. The molecule has 0 saturated heterocycles. The van der Waals surface area contributed by atoms with Crippen LogP contribution in [0.2, 0.25) is 0 Å². The Bertz CT molecular complexity index is 357. The van der Waals surface area contributed by atoms with Crippen LogP contribution in [0.1, 0.15) is 18.9 Å². The van der Waals surface area contributed by atoms with E-state index in [0.29, 0.717) is 11.7 Å². The van der Waals surface area contributed by atoms with Crippen LogP contribution in [0, 0.1) is 6.92 Å². The molecule has 0 aliphatic rings. The van der Waals surface area contributed by atoms with Crippen LogP contribution < -0.4 is 11.1 Å². The number of pyridine rings is 1. The summed E-state index contributed by atoms with van der Waals surface area (Å²) in [6, 6.07) is 0.416. The van der Waals surface area contributed by atoms with E-state index in [2.05, 4.69) is 39.4 Å². The normalized spacial score (nSPS) is 12.5. The van der Waals surface area contributed by atoms with Crippen LogP contribution in [-0.4, -0.2) is 23.0 Å². The molecule has 0 amide bonds. The molecule has 3 N–H and O–H groups in total. The van der Waals surface area contributed by atoms with Crippen LogP contribution in [0.25, 0.3) is 0 Å². The van der Waals surface area contributed by atoms with E-state index < -0.39 is 0 Å². The molecule has 0 radical (unpaired) electrons. The van der Waals surface area contributed by atoms with Crippen LogP contribution >= 0.6 is 27.7 Å². The minimum atomic E-state index is 0.416. The van der Waals surface area contributed by atoms with Crippen LogP contribution in [0.3, 0.4) is 0 Å². The van der Waals surface area contributed by atoms with E-state index in [1.807, 2.05) is 18.7 Å². The maximum Gasteiger partial charge on any atom is 0.140 e. The molecule has 1 aromatic heterocycles. The predicted octanol–water partition coefficient (Wildman–Crippen LogP) is 3.29. The van der Waals surface area contributed by atoms with Gasteiger partial charge in [0.15, 0.2) is 0 Å². The highest BCUT2D eigenvalue weighted by molar-refractivity contribution is 9.10. The van der Waals surface area contributed by atoms with Crippen LogP contribution in [-0.2, 0) is 0 Å². The number of nitrogens with zero attached hydrogens (tertiary/aromatic N) is 1. The van der Waals surface area contributed by atoms with E-state index in [1.165, 1.54) is 0 Å². The molecule has 0 aliphatic carbocycles. The number of hydrogen-bond donors (Lipinski definition) is 2. The highest BCUT2D eigenvalue weighted by atomic mass is 79.9. The summed E-state index contributed by atoms with van der Waals surface area (Å²) in [6.45, 7) is 4.15. The van der Waals surface area contributed by atoms with Gasteiger partial charge in [0.1, 0.15) is 5.82 Å². The van der Waals surface area contributed by atoms with Gasteiger partial charge < -0.3 is 11.1 Å². The minimum Gasteiger partial charge on any atom is -0.397 e. The van der Waals surface area contributed by atoms with E-state index >= 15 is 0 Å². The van der Waals surface area contributed by atoms with Gasteiger partial charge in [-0.25, -0.2) is 4.98 Å². The first kappa shape index (κ1) is 13.6. The van der Waals surface area contributed by atoms with Gasteiger partial charge in [-0.15, -0.1) is 0 Å². The lowest BCUT2D eigenvalue weighted by molar-refractivity contribution is 0.766. The molecule has 1 rings (SSSR count). The molecular formula is C11H18BrN3S. The lowest BCUT2D eigenvalue weighted by Gasteiger charge is -2.16. The van der Waals surface area contributed by atoms with Crippen molar-refractivity contribution >= 4 is 39.2 Å². The molecule has 1 heterocycles. The van der Waals surface area contributed by atoms with Gasteiger partial charge in [-0.1, -0.05) is 0 Å². The van der Waals surface area contributed by atoms with Gasteiger partial charge in [0, 0.05) is 6.04 Å². The Hall–Kier alpha value is -0.420. The van der Waals surface area contributed by atoms with Gasteiger partial charge in [0.05, 0.1) is 16.4 Å². The van der Waals surface area contributed by atoms with Crippen molar-refractivity contribution in [1.82, 2.24) is 4.98 Å². The quantitative estimate of drug-likeness (QED) is 0.876. The molecular weight excluding hydrogens is 286 g/mol. The van der Waals surface area contributed by atoms with Crippen molar-refractivity contribution in [3.63, 3.8) is 0 Å². The largest absolute Gasteiger partial charge is 0.397 e. The van der Waals surface area contributed by atoms with Crippen molar-refractivity contribution in [2.24, 2.45) is 0 Å². The van der Waals surface area contributed by atoms with Gasteiger partial charge in [-0.2, -0.15) is 11.8 Å². The van der Waals surface area contributed by atoms with E-state index in [0.717, 1.165) is 28.0 Å². The van der Waals surface area contributed by atoms with Crippen molar-refractivity contribution in [1.29, 1.82) is 0 Å². The van der Waals surface area contributed by atoms with Crippen molar-refractivity contribution in [2.45, 2.75) is 26.3 Å². The van der Waals surface area contributed by atoms with Gasteiger partial charge >= 0.3 is 0 Å². The first-order valence-corrected chi connectivity index (χ1v) is 7.41. The topological polar surface area (TPSA) is 50.9 Å². The van der Waals surface area contributed by atoms with Gasteiger partial charge in [0.2, 0.25) is 0 Å². The molecule has 16 heavy (non-hydrogen) atoms. The lowest BCUT2D eigenvalue weighted by atomic mass is 10.2. The Morgan fingerprint density at radius 3 is 2.94 bits per heavy atom. The number of thioether (sulfide) groups is 1. The Morgan fingerprint density at radius 1 is 1.62 bits per heavy atom. The fraction of sp³-hybridized carbons (Fsp3) is 0.545. The van der Waals surface area contributed by atoms with Crippen LogP contribution in [0.4, 0.5) is 11.5 Å². The Kier molecular flexibility index (Phi) is 5.41. The summed E-state index contributed by atoms with van der Waals surface area (Å²) in [5, 5.41) is 3.39. The molecule has 0 bridgehead atoms. The zero-order chi connectivity index (χ0) is 12.1. The first-order chi connectivity index (χ1) is 7.56. The number of halogens is 1. The van der Waals surface area contributed by atoms with E-state index in [1.54, 1.807) is 6.20 Å². The molecule has 0 aromatic carbocycles. The third kappa shape index (κ3) is 3.56. The Balaban J connectivity index is 2.70. The summed E-state index contributed by atoms with van der Waals surface area (Å²) in [6.07, 6.45) is 4.94. The summed E-state index contributed by atoms with van der Waals surface area (Å²) < 4.78 is 0.962. The van der Waals surface area contributed by atoms with Gasteiger partial charge in [0.25, 0.3) is 0 Å². The van der Waals surface area contributed by atoms with Gasteiger partial charge in [-0.05, 0) is 53.8 Å². The number of nitrogens with one attached hydrogen (secondary N) is 1. The zero-order valence-corrected chi connectivity index (χ0v) is 12.3. The SMILES string of the molecule is CSCCC(C)Nc1ncc(N)c(C)c1Br. The smallest absolute Gasteiger partial charge is 0.140 e. The second-order valence-corrected chi connectivity index (χ2v) is 5.61. The standard InChI is InChI=1S/C11H18BrN3S/c1-7(4-5-16-3)15-11-10(12)8(2)9(13)6-14-11/h6-7H,4-5,13H2,1-3H3,(H,14,15). The molecule has 0 spiro atoms. The highest BCUT2D eigenvalue weighted by Gasteiger charge is 2.09. The maximum absolute atomic E-state index is 5.78. The molecule has 1 aromatic rings. The van der Waals surface area contributed by atoms with Crippen molar-refractivity contribution in [2.75, 3.05) is 23.1 Å². The van der Waals surface area contributed by atoms with E-state index in [9.17, 15) is 0 Å². The summed E-state index contributed by atoms with van der Waals surface area (Å²) in [5.74, 6) is 2.03. The van der Waals surface area contributed by atoms with Crippen LogP contribution in [0.15, 0.2) is 10.7 Å². The average Bonchev–Trinajstić information content (AvgIpc) is 2.27. The van der Waals surface area contributed by atoms with E-state index in [4.69, 9.17) is 5.73 Å². The third-order valence-corrected chi connectivity index (χ3v) is 4.06. The fourth-order valence-electron chi connectivity index (χ4n) is 1.29. The van der Waals surface area contributed by atoms with Crippen molar-refractivity contribution in [3.8, 4) is 0 Å². The number of hydrogen-bond acceptors (Lipinski definition) is 4. The molecule has 90 valence electrons. The number of nitrogen functional groups attached to an aromatic ring is 1. The minimum absolute atomic E-state index is 0.416. The Morgan fingerprint density at radius 2 is 2.31 bits per heavy atom. The maximum atomic E-state index is 5.78. The number of nitrogens with two attached hydrogens (primary N) is 1. The average molecular weight is 304 g/mol.